The lowest BCUT2D eigenvalue weighted by molar-refractivity contribution is -0.154. The van der Waals surface area contributed by atoms with E-state index >= 15 is 0 Å². The number of unbranched alkanes of at least 4 members (excludes halogenated alkanes) is 1. The fourth-order valence-corrected chi connectivity index (χ4v) is 4.98. The Morgan fingerprint density at radius 2 is 1.59 bits per heavy atom. The average molecular weight is 413 g/mol. The van der Waals surface area contributed by atoms with E-state index in [1.54, 1.807) is 6.07 Å². The van der Waals surface area contributed by atoms with Crippen molar-refractivity contribution in [3.8, 4) is 0 Å². The molecule has 0 aliphatic rings. The van der Waals surface area contributed by atoms with Crippen LogP contribution in [-0.2, 0) is 16.0 Å². The second-order valence-electron chi connectivity index (χ2n) is 7.29. The van der Waals surface area contributed by atoms with Crippen LogP contribution < -0.4 is 5.43 Å². The van der Waals surface area contributed by atoms with Crippen LogP contribution >= 0.6 is 11.3 Å². The molecule has 0 spiro atoms. The first-order valence-corrected chi connectivity index (χ1v) is 10.6. The van der Waals surface area contributed by atoms with E-state index in [0.717, 1.165) is 21.4 Å². The van der Waals surface area contributed by atoms with Gasteiger partial charge in [-0.3, -0.25) is 14.4 Å². The number of fused-ring (bicyclic) bond motifs is 2. The Kier molecular flexibility index (Phi) is 6.64. The minimum atomic E-state index is -1.09. The summed E-state index contributed by atoms with van der Waals surface area (Å²) in [6.07, 6.45) is 2.37. The van der Waals surface area contributed by atoms with Crippen molar-refractivity contribution in [1.82, 2.24) is 0 Å². The quantitative estimate of drug-likeness (QED) is 0.486. The maximum Gasteiger partial charge on any atom is 0.307 e. The van der Waals surface area contributed by atoms with Gasteiger partial charge in [0, 0.05) is 20.2 Å². The smallest absolute Gasteiger partial charge is 0.307 e. The molecule has 0 fully saturated rings. The molecular formula is C23H24O5S. The van der Waals surface area contributed by atoms with E-state index in [0.29, 0.717) is 30.0 Å². The highest BCUT2D eigenvalue weighted by molar-refractivity contribution is 7.24. The van der Waals surface area contributed by atoms with Gasteiger partial charge in [-0.2, -0.15) is 0 Å². The zero-order valence-corrected chi connectivity index (χ0v) is 17.1. The molecule has 1 aromatic heterocycles. The molecular weight excluding hydrogens is 388 g/mol. The van der Waals surface area contributed by atoms with Gasteiger partial charge in [0.1, 0.15) is 0 Å². The second kappa shape index (κ2) is 9.18. The summed E-state index contributed by atoms with van der Waals surface area (Å²) in [6, 6.07) is 13.0. The maximum atomic E-state index is 13.1. The van der Waals surface area contributed by atoms with Crippen LogP contribution in [0.1, 0.15) is 38.2 Å². The Morgan fingerprint density at radius 1 is 0.931 bits per heavy atom. The van der Waals surface area contributed by atoms with Crippen LogP contribution in [0.2, 0.25) is 0 Å². The van der Waals surface area contributed by atoms with Crippen molar-refractivity contribution in [2.75, 3.05) is 0 Å². The number of carboxylic acid groups (broad SMARTS) is 2. The van der Waals surface area contributed by atoms with Gasteiger partial charge < -0.3 is 10.2 Å². The largest absolute Gasteiger partial charge is 0.481 e. The molecule has 0 amide bonds. The van der Waals surface area contributed by atoms with Gasteiger partial charge in [-0.05, 0) is 43.0 Å². The number of benzene rings is 2. The van der Waals surface area contributed by atoms with Gasteiger partial charge in [-0.15, -0.1) is 11.3 Å². The van der Waals surface area contributed by atoms with Gasteiger partial charge in [-0.25, -0.2) is 0 Å². The van der Waals surface area contributed by atoms with Crippen molar-refractivity contribution in [3.05, 3.63) is 58.3 Å². The Bertz CT molecular complexity index is 1100. The van der Waals surface area contributed by atoms with E-state index in [9.17, 15) is 24.6 Å². The number of carboxylic acids is 2. The lowest BCUT2D eigenvalue weighted by atomic mass is 9.83. The number of hydrogen-bond acceptors (Lipinski definition) is 4. The van der Waals surface area contributed by atoms with E-state index in [1.807, 2.05) is 43.3 Å². The van der Waals surface area contributed by atoms with Crippen molar-refractivity contribution in [1.29, 1.82) is 0 Å². The highest BCUT2D eigenvalue weighted by atomic mass is 32.1. The third-order valence-electron chi connectivity index (χ3n) is 5.40. The van der Waals surface area contributed by atoms with Crippen LogP contribution in [0.25, 0.3) is 20.2 Å². The first-order valence-electron chi connectivity index (χ1n) is 9.83. The summed E-state index contributed by atoms with van der Waals surface area (Å²) >= 11 is 1.53. The SMILES string of the molecule is CCCCC(C(=O)O)C(CCc1cccc2sc3ccccc3c(=O)c12)C(=O)O. The zero-order chi connectivity index (χ0) is 21.0. The molecule has 0 radical (unpaired) electrons. The highest BCUT2D eigenvalue weighted by Gasteiger charge is 2.33. The number of rotatable bonds is 9. The summed E-state index contributed by atoms with van der Waals surface area (Å²) in [5.41, 5.74) is 0.720. The number of aliphatic carboxylic acids is 2. The summed E-state index contributed by atoms with van der Waals surface area (Å²) in [6.45, 7) is 1.95. The summed E-state index contributed by atoms with van der Waals surface area (Å²) in [5, 5.41) is 20.5. The highest BCUT2D eigenvalue weighted by Crippen LogP contribution is 2.29. The molecule has 29 heavy (non-hydrogen) atoms. The minimum Gasteiger partial charge on any atom is -0.481 e. The zero-order valence-electron chi connectivity index (χ0n) is 16.3. The number of aryl methyl sites for hydroxylation is 1. The molecule has 2 unspecified atom stereocenters. The summed E-state index contributed by atoms with van der Waals surface area (Å²) in [5.74, 6) is -4.06. The van der Waals surface area contributed by atoms with Gasteiger partial charge in [0.05, 0.1) is 11.8 Å². The van der Waals surface area contributed by atoms with E-state index in [4.69, 9.17) is 0 Å². The van der Waals surface area contributed by atoms with Crippen molar-refractivity contribution in [2.45, 2.75) is 39.0 Å². The van der Waals surface area contributed by atoms with Crippen molar-refractivity contribution >= 4 is 43.4 Å². The first kappa shape index (κ1) is 21.0. The van der Waals surface area contributed by atoms with Gasteiger partial charge in [0.25, 0.3) is 0 Å². The molecule has 3 rings (SSSR count). The fourth-order valence-electron chi connectivity index (χ4n) is 3.85. The molecule has 6 heteroatoms. The Balaban J connectivity index is 1.96. The predicted octanol–water partition coefficient (Wildman–Crippen LogP) is 4.94. The standard InChI is InChI=1S/C23H24O5S/c1-2-3-8-15(22(25)26)16(23(27)28)13-12-14-7-6-11-19-20(14)21(24)17-9-4-5-10-18(17)29-19/h4-7,9-11,15-16H,2-3,8,12-13H2,1H3,(H,25,26)(H,27,28). The molecule has 152 valence electrons. The van der Waals surface area contributed by atoms with E-state index < -0.39 is 23.8 Å². The van der Waals surface area contributed by atoms with Gasteiger partial charge in [-0.1, -0.05) is 44.0 Å². The molecule has 2 atom stereocenters. The summed E-state index contributed by atoms with van der Waals surface area (Å²) in [7, 11) is 0. The van der Waals surface area contributed by atoms with E-state index in [1.165, 1.54) is 11.3 Å². The van der Waals surface area contributed by atoms with Crippen molar-refractivity contribution in [2.24, 2.45) is 11.8 Å². The Morgan fingerprint density at radius 3 is 2.28 bits per heavy atom. The number of carbonyl (C=O) groups is 2. The molecule has 5 nitrogen and oxygen atoms in total. The molecule has 0 bridgehead atoms. The van der Waals surface area contributed by atoms with Crippen LogP contribution in [-0.4, -0.2) is 22.2 Å². The Labute approximate surface area is 172 Å². The van der Waals surface area contributed by atoms with Gasteiger partial charge in [0.15, 0.2) is 5.43 Å². The third-order valence-corrected chi connectivity index (χ3v) is 6.54. The maximum absolute atomic E-state index is 13.1. The molecule has 0 aliphatic carbocycles. The predicted molar refractivity (Wildman–Crippen MR) is 116 cm³/mol. The first-order chi connectivity index (χ1) is 13.9. The summed E-state index contributed by atoms with van der Waals surface area (Å²) < 4.78 is 1.77. The van der Waals surface area contributed by atoms with Crippen LogP contribution in [0.3, 0.4) is 0 Å². The van der Waals surface area contributed by atoms with Crippen LogP contribution in [0.5, 0.6) is 0 Å². The van der Waals surface area contributed by atoms with Crippen molar-refractivity contribution < 1.29 is 19.8 Å². The lowest BCUT2D eigenvalue weighted by Crippen LogP contribution is -2.30. The number of hydrogen-bond donors (Lipinski definition) is 2. The fraction of sp³-hybridized carbons (Fsp3) is 0.348. The van der Waals surface area contributed by atoms with Gasteiger partial charge in [0.2, 0.25) is 0 Å². The molecule has 2 aromatic carbocycles. The lowest BCUT2D eigenvalue weighted by Gasteiger charge is -2.20. The van der Waals surface area contributed by atoms with Crippen molar-refractivity contribution in [3.63, 3.8) is 0 Å². The Hall–Kier alpha value is -2.73. The molecule has 0 saturated carbocycles. The second-order valence-corrected chi connectivity index (χ2v) is 8.37. The third kappa shape index (κ3) is 4.48. The molecule has 3 aromatic rings. The topological polar surface area (TPSA) is 91.7 Å². The van der Waals surface area contributed by atoms with Crippen LogP contribution in [0.15, 0.2) is 47.3 Å². The summed E-state index contributed by atoms with van der Waals surface area (Å²) in [4.78, 5) is 36.5. The van der Waals surface area contributed by atoms with E-state index in [-0.39, 0.29) is 11.8 Å². The minimum absolute atomic E-state index is 0.0578. The molecule has 2 N–H and O–H groups in total. The van der Waals surface area contributed by atoms with Crippen LogP contribution in [0.4, 0.5) is 0 Å². The van der Waals surface area contributed by atoms with Gasteiger partial charge >= 0.3 is 11.9 Å². The van der Waals surface area contributed by atoms with Crippen LogP contribution in [0, 0.1) is 11.8 Å². The molecule has 0 aliphatic heterocycles. The average Bonchev–Trinajstić information content (AvgIpc) is 2.70. The molecule has 0 saturated heterocycles. The van der Waals surface area contributed by atoms with E-state index in [2.05, 4.69) is 0 Å². The molecule has 1 heterocycles. The normalized spacial score (nSPS) is 13.4. The monoisotopic (exact) mass is 412 g/mol.